The maximum atomic E-state index is 6.05. The van der Waals surface area contributed by atoms with Crippen LogP contribution in [0.2, 0.25) is 5.02 Å². The van der Waals surface area contributed by atoms with E-state index in [0.717, 1.165) is 25.2 Å². The molecule has 2 aromatic rings. The Morgan fingerprint density at radius 1 is 1.29 bits per heavy atom. The number of halogens is 2. The summed E-state index contributed by atoms with van der Waals surface area (Å²) in [5, 5.41) is 1.72. The number of aromatic nitrogens is 1. The third kappa shape index (κ3) is 1.71. The minimum Gasteiger partial charge on any atom is -0.325 e. The van der Waals surface area contributed by atoms with Crippen molar-refractivity contribution in [1.29, 1.82) is 0 Å². The molecule has 0 aliphatic heterocycles. The zero-order chi connectivity index (χ0) is 10.1. The van der Waals surface area contributed by atoms with E-state index < -0.39 is 0 Å². The minimum atomic E-state index is 0.457. The quantitative estimate of drug-likeness (QED) is 0.821. The third-order valence-corrected chi connectivity index (χ3v) is 3.22. The van der Waals surface area contributed by atoms with Crippen LogP contribution in [0, 0.1) is 3.57 Å². The van der Waals surface area contributed by atoms with E-state index in [4.69, 9.17) is 17.3 Å². The van der Waals surface area contributed by atoms with Gasteiger partial charge in [0.1, 0.15) is 0 Å². The predicted octanol–water partition coefficient (Wildman–Crippen LogP) is 2.95. The molecule has 1 aromatic heterocycles. The first-order valence-corrected chi connectivity index (χ1v) is 5.62. The number of benzene rings is 1. The number of hydrogen-bond donors (Lipinski definition) is 1. The highest BCUT2D eigenvalue weighted by molar-refractivity contribution is 14.1. The molecule has 72 valence electrons. The van der Waals surface area contributed by atoms with Crippen LogP contribution in [0.25, 0.3) is 10.9 Å². The maximum absolute atomic E-state index is 6.05. The van der Waals surface area contributed by atoms with Crippen molar-refractivity contribution in [2.24, 2.45) is 5.73 Å². The lowest BCUT2D eigenvalue weighted by atomic mass is 10.2. The first-order valence-electron chi connectivity index (χ1n) is 4.16. The van der Waals surface area contributed by atoms with Crippen LogP contribution in [0.15, 0.2) is 24.3 Å². The van der Waals surface area contributed by atoms with Crippen molar-refractivity contribution in [2.45, 2.75) is 6.54 Å². The molecule has 0 saturated carbocycles. The normalized spacial score (nSPS) is 10.8. The van der Waals surface area contributed by atoms with Gasteiger partial charge >= 0.3 is 0 Å². The second-order valence-corrected chi connectivity index (χ2v) is 4.50. The van der Waals surface area contributed by atoms with Gasteiger partial charge in [-0.15, -0.1) is 0 Å². The summed E-state index contributed by atoms with van der Waals surface area (Å²) >= 11 is 8.30. The molecule has 4 heteroatoms. The molecule has 0 radical (unpaired) electrons. The van der Waals surface area contributed by atoms with Gasteiger partial charge in [0.15, 0.2) is 0 Å². The topological polar surface area (TPSA) is 38.9 Å². The second-order valence-electron chi connectivity index (χ2n) is 2.93. The molecule has 0 unspecified atom stereocenters. The average molecular weight is 319 g/mol. The lowest BCUT2D eigenvalue weighted by molar-refractivity contribution is 1.01. The van der Waals surface area contributed by atoms with E-state index in [1.807, 2.05) is 24.3 Å². The molecule has 0 atom stereocenters. The lowest BCUT2D eigenvalue weighted by Crippen LogP contribution is -1.99. The Hall–Kier alpha value is -0.390. The standard InChI is InChI=1S/C10H8ClIN2/c11-8-3-4-9(12)10-7(8)2-1-6(5-13)14-10/h1-4H,5,13H2. The third-order valence-electron chi connectivity index (χ3n) is 2.02. The molecular weight excluding hydrogens is 310 g/mol. The maximum Gasteiger partial charge on any atom is 0.0854 e. The van der Waals surface area contributed by atoms with Crippen LogP contribution in [0.4, 0.5) is 0 Å². The van der Waals surface area contributed by atoms with E-state index in [1.54, 1.807) is 0 Å². The number of fused-ring (bicyclic) bond motifs is 1. The molecule has 0 saturated heterocycles. The van der Waals surface area contributed by atoms with Gasteiger partial charge in [-0.3, -0.25) is 4.98 Å². The highest BCUT2D eigenvalue weighted by Gasteiger charge is 2.04. The summed E-state index contributed by atoms with van der Waals surface area (Å²) in [6, 6.07) is 7.72. The summed E-state index contributed by atoms with van der Waals surface area (Å²) in [6.07, 6.45) is 0. The van der Waals surface area contributed by atoms with Crippen molar-refractivity contribution < 1.29 is 0 Å². The van der Waals surface area contributed by atoms with Crippen molar-refractivity contribution in [1.82, 2.24) is 4.98 Å². The van der Waals surface area contributed by atoms with Crippen LogP contribution in [0.1, 0.15) is 5.69 Å². The number of hydrogen-bond acceptors (Lipinski definition) is 2. The van der Waals surface area contributed by atoms with Crippen LogP contribution in [-0.4, -0.2) is 4.98 Å². The van der Waals surface area contributed by atoms with E-state index in [2.05, 4.69) is 27.6 Å². The molecule has 0 fully saturated rings. The van der Waals surface area contributed by atoms with Gasteiger partial charge in [-0.1, -0.05) is 11.6 Å². The van der Waals surface area contributed by atoms with Crippen LogP contribution >= 0.6 is 34.2 Å². The van der Waals surface area contributed by atoms with Crippen molar-refractivity contribution in [3.05, 3.63) is 38.6 Å². The smallest absolute Gasteiger partial charge is 0.0854 e. The van der Waals surface area contributed by atoms with E-state index in [-0.39, 0.29) is 0 Å². The second kappa shape index (κ2) is 4.00. The summed E-state index contributed by atoms with van der Waals surface area (Å²) in [7, 11) is 0. The van der Waals surface area contributed by atoms with Gasteiger partial charge in [-0.05, 0) is 46.9 Å². The van der Waals surface area contributed by atoms with E-state index in [9.17, 15) is 0 Å². The molecule has 1 aromatic carbocycles. The Labute approximate surface area is 101 Å². The summed E-state index contributed by atoms with van der Waals surface area (Å²) in [5.41, 5.74) is 7.35. The van der Waals surface area contributed by atoms with Gasteiger partial charge in [-0.2, -0.15) is 0 Å². The van der Waals surface area contributed by atoms with Crippen LogP contribution in [0.3, 0.4) is 0 Å². The molecule has 0 spiro atoms. The van der Waals surface area contributed by atoms with Crippen molar-refractivity contribution in [2.75, 3.05) is 0 Å². The molecular formula is C10H8ClIN2. The molecule has 1 heterocycles. The van der Waals surface area contributed by atoms with Crippen LogP contribution < -0.4 is 5.73 Å². The summed E-state index contributed by atoms with van der Waals surface area (Å²) in [5.74, 6) is 0. The summed E-state index contributed by atoms with van der Waals surface area (Å²) in [6.45, 7) is 0.457. The zero-order valence-electron chi connectivity index (χ0n) is 7.30. The summed E-state index contributed by atoms with van der Waals surface area (Å²) < 4.78 is 1.09. The molecule has 0 amide bonds. The SMILES string of the molecule is NCc1ccc2c(Cl)ccc(I)c2n1. The van der Waals surface area contributed by atoms with Crippen molar-refractivity contribution >= 4 is 45.1 Å². The lowest BCUT2D eigenvalue weighted by Gasteiger charge is -2.04. The van der Waals surface area contributed by atoms with Crippen LogP contribution in [-0.2, 0) is 6.54 Å². The number of nitrogens with zero attached hydrogens (tertiary/aromatic N) is 1. The first kappa shape index (κ1) is 10.1. The van der Waals surface area contributed by atoms with Gasteiger partial charge in [0.2, 0.25) is 0 Å². The minimum absolute atomic E-state index is 0.457. The Morgan fingerprint density at radius 2 is 2.07 bits per heavy atom. The molecule has 2 nitrogen and oxygen atoms in total. The monoisotopic (exact) mass is 318 g/mol. The Kier molecular flexibility index (Phi) is 2.90. The fourth-order valence-corrected chi connectivity index (χ4v) is 2.11. The molecule has 2 rings (SSSR count). The predicted molar refractivity (Wildman–Crippen MR) is 67.4 cm³/mol. The summed E-state index contributed by atoms with van der Waals surface area (Å²) in [4.78, 5) is 4.44. The van der Waals surface area contributed by atoms with Gasteiger partial charge < -0.3 is 5.73 Å². The van der Waals surface area contributed by atoms with E-state index in [1.165, 1.54) is 0 Å². The fourth-order valence-electron chi connectivity index (χ4n) is 1.30. The van der Waals surface area contributed by atoms with Gasteiger partial charge in [-0.25, -0.2) is 0 Å². The number of nitrogens with two attached hydrogens (primary N) is 1. The fraction of sp³-hybridized carbons (Fsp3) is 0.100. The number of pyridine rings is 1. The first-order chi connectivity index (χ1) is 6.72. The molecule has 0 bridgehead atoms. The Bertz CT molecular complexity index is 485. The van der Waals surface area contributed by atoms with Gasteiger partial charge in [0.05, 0.1) is 16.2 Å². The van der Waals surface area contributed by atoms with Gasteiger partial charge in [0.25, 0.3) is 0 Å². The van der Waals surface area contributed by atoms with E-state index >= 15 is 0 Å². The molecule has 0 aliphatic rings. The Morgan fingerprint density at radius 3 is 2.79 bits per heavy atom. The highest BCUT2D eigenvalue weighted by atomic mass is 127. The Balaban J connectivity index is 2.80. The van der Waals surface area contributed by atoms with E-state index in [0.29, 0.717) is 6.54 Å². The van der Waals surface area contributed by atoms with Gasteiger partial charge in [0, 0.05) is 15.5 Å². The van der Waals surface area contributed by atoms with Crippen molar-refractivity contribution in [3.8, 4) is 0 Å². The zero-order valence-corrected chi connectivity index (χ0v) is 10.2. The molecule has 2 N–H and O–H groups in total. The largest absolute Gasteiger partial charge is 0.325 e. The average Bonchev–Trinajstić information content (AvgIpc) is 2.23. The van der Waals surface area contributed by atoms with Crippen LogP contribution in [0.5, 0.6) is 0 Å². The number of rotatable bonds is 1. The molecule has 14 heavy (non-hydrogen) atoms. The van der Waals surface area contributed by atoms with Crippen molar-refractivity contribution in [3.63, 3.8) is 0 Å². The highest BCUT2D eigenvalue weighted by Crippen LogP contribution is 2.26. The molecule has 0 aliphatic carbocycles.